The van der Waals surface area contributed by atoms with Crippen LogP contribution in [0.15, 0.2) is 18.2 Å². The molecule has 7 atom stereocenters. The van der Waals surface area contributed by atoms with Gasteiger partial charge in [0.1, 0.15) is 5.75 Å². The molecule has 1 aromatic rings. The maximum absolute atomic E-state index is 13.3. The van der Waals surface area contributed by atoms with Gasteiger partial charge in [0.25, 0.3) is 0 Å². The molecule has 2 saturated carbocycles. The highest BCUT2D eigenvalue weighted by Crippen LogP contribution is 2.62. The van der Waals surface area contributed by atoms with Crippen molar-refractivity contribution in [2.45, 2.75) is 159 Å². The van der Waals surface area contributed by atoms with Crippen LogP contribution in [0.3, 0.4) is 0 Å². The van der Waals surface area contributed by atoms with E-state index in [9.17, 15) is 36.1 Å². The molecule has 2 saturated heterocycles. The number of ether oxygens (including phenoxy) is 1. The number of carbonyl (C=O) groups excluding carboxylic acids is 1. The Hall–Kier alpha value is -1.79. The van der Waals surface area contributed by atoms with E-state index in [1.54, 1.807) is 0 Å². The van der Waals surface area contributed by atoms with Gasteiger partial charge in [-0.1, -0.05) is 51.5 Å². The summed E-state index contributed by atoms with van der Waals surface area (Å²) in [7, 11) is -1.37. The van der Waals surface area contributed by atoms with E-state index < -0.39 is 35.7 Å². The van der Waals surface area contributed by atoms with E-state index in [1.807, 2.05) is 11.0 Å². The summed E-state index contributed by atoms with van der Waals surface area (Å²) in [5, 5.41) is 11.1. The minimum atomic E-state index is -5.55. The fourth-order valence-electron chi connectivity index (χ4n) is 11.0. The van der Waals surface area contributed by atoms with Gasteiger partial charge in [-0.3, -0.25) is 4.21 Å². The zero-order valence-corrected chi connectivity index (χ0v) is 33.1. The molecule has 0 spiro atoms. The van der Waals surface area contributed by atoms with Crippen molar-refractivity contribution in [2.75, 3.05) is 37.7 Å². The highest BCUT2D eigenvalue weighted by molar-refractivity contribution is 7.84. The van der Waals surface area contributed by atoms with Gasteiger partial charge in [-0.25, -0.2) is 4.79 Å². The van der Waals surface area contributed by atoms with Crippen molar-refractivity contribution in [3.05, 3.63) is 29.3 Å². The summed E-state index contributed by atoms with van der Waals surface area (Å²) in [6.45, 7) is 6.16. The number of rotatable bonds is 16. The number of alkyl halides is 5. The molecule has 2 heterocycles. The Morgan fingerprint density at radius 3 is 2.26 bits per heavy atom. The fraction of sp³-hybridized carbons (Fsp3) is 0.833. The topological polar surface area (TPSA) is 70.1 Å². The lowest BCUT2D eigenvalue weighted by Gasteiger charge is -2.53. The summed E-state index contributed by atoms with van der Waals surface area (Å²) in [6, 6.07) is 6.94. The summed E-state index contributed by atoms with van der Waals surface area (Å²) in [5.74, 6) is -1.83. The van der Waals surface area contributed by atoms with Crippen LogP contribution in [0.25, 0.3) is 0 Å². The molecule has 12 heteroatoms. The Balaban J connectivity index is 0.960. The number of likely N-dealkylation sites (tertiary alicyclic amines) is 2. The van der Waals surface area contributed by atoms with Crippen LogP contribution < -0.4 is 4.74 Å². The number of halogens is 5. The molecular formula is C42H63F5N2O4S. The van der Waals surface area contributed by atoms with Crippen molar-refractivity contribution in [1.82, 2.24) is 9.80 Å². The zero-order valence-electron chi connectivity index (χ0n) is 32.2. The van der Waals surface area contributed by atoms with Crippen molar-refractivity contribution >= 4 is 16.9 Å². The molecule has 1 aromatic carbocycles. The average Bonchev–Trinajstić information content (AvgIpc) is 3.78. The summed E-state index contributed by atoms with van der Waals surface area (Å²) in [4.78, 5) is 17.7. The van der Waals surface area contributed by atoms with Gasteiger partial charge in [-0.2, -0.15) is 22.0 Å². The molecule has 6 nitrogen and oxygen atoms in total. The Labute approximate surface area is 321 Å². The second kappa shape index (κ2) is 18.2. The van der Waals surface area contributed by atoms with Gasteiger partial charge < -0.3 is 19.6 Å². The van der Waals surface area contributed by atoms with Crippen LogP contribution >= 0.6 is 0 Å². The van der Waals surface area contributed by atoms with E-state index in [0.717, 1.165) is 103 Å². The highest BCUT2D eigenvalue weighted by Gasteiger charge is 2.57. The van der Waals surface area contributed by atoms with Crippen LogP contribution in [0.5, 0.6) is 5.75 Å². The van der Waals surface area contributed by atoms with E-state index >= 15 is 0 Å². The molecule has 3 aliphatic carbocycles. The van der Waals surface area contributed by atoms with Gasteiger partial charge in [0, 0.05) is 47.9 Å². The molecule has 0 bridgehead atoms. The van der Waals surface area contributed by atoms with Gasteiger partial charge in [0.05, 0.1) is 6.10 Å². The predicted octanol–water partition coefficient (Wildman–Crippen LogP) is 10.0. The lowest BCUT2D eigenvalue weighted by Crippen LogP contribution is -2.47. The second-order valence-electron chi connectivity index (χ2n) is 17.5. The number of nitrogens with zero attached hydrogens (tertiary/aromatic N) is 2. The lowest BCUT2D eigenvalue weighted by molar-refractivity contribution is -0.284. The third-order valence-corrected chi connectivity index (χ3v) is 15.6. The number of hydrogen-bond donors (Lipinski definition) is 1. The SMILES string of the molecule is CC12CCC3c4ccc(OC(=O)N5CCC(N6CCCC6)CC5)cc4CC(CCCCCCCCCS(=O)CCCC(F)(F)C(F)(F)F)C3C1CCC2O. The monoisotopic (exact) mass is 786 g/mol. The number of hydrogen-bond acceptors (Lipinski definition) is 5. The molecular weight excluding hydrogens is 724 g/mol. The number of benzene rings is 1. The maximum Gasteiger partial charge on any atom is 0.453 e. The van der Waals surface area contributed by atoms with E-state index in [-0.39, 0.29) is 23.4 Å². The normalized spacial score (nSPS) is 29.8. The number of piperidine rings is 1. The quantitative estimate of drug-likeness (QED) is 0.134. The highest BCUT2D eigenvalue weighted by atomic mass is 32.2. The molecule has 0 aromatic heterocycles. The number of aliphatic hydroxyl groups is 1. The minimum Gasteiger partial charge on any atom is -0.410 e. The smallest absolute Gasteiger partial charge is 0.410 e. The molecule has 1 N–H and O–H groups in total. The summed E-state index contributed by atoms with van der Waals surface area (Å²) in [6.07, 6.45) is 9.97. The average molecular weight is 787 g/mol. The van der Waals surface area contributed by atoms with Gasteiger partial charge in [-0.05, 0) is 142 Å². The van der Waals surface area contributed by atoms with Crippen molar-refractivity contribution in [1.29, 1.82) is 0 Å². The van der Waals surface area contributed by atoms with Crippen LogP contribution in [0.1, 0.15) is 140 Å². The Morgan fingerprint density at radius 1 is 0.889 bits per heavy atom. The van der Waals surface area contributed by atoms with Crippen molar-refractivity contribution < 1.29 is 40.8 Å². The van der Waals surface area contributed by atoms with Crippen molar-refractivity contribution in [3.63, 3.8) is 0 Å². The number of amides is 1. The minimum absolute atomic E-state index is 0.0214. The third kappa shape index (κ3) is 9.83. The number of fused-ring (bicyclic) bond motifs is 5. The molecule has 306 valence electrons. The van der Waals surface area contributed by atoms with Crippen molar-refractivity contribution in [2.24, 2.45) is 23.2 Å². The van der Waals surface area contributed by atoms with E-state index in [0.29, 0.717) is 47.6 Å². The van der Waals surface area contributed by atoms with Crippen molar-refractivity contribution in [3.8, 4) is 5.75 Å². The van der Waals surface area contributed by atoms with Gasteiger partial charge in [0.15, 0.2) is 0 Å². The fourth-order valence-corrected chi connectivity index (χ4v) is 12.2. The molecule has 6 rings (SSSR count). The Kier molecular flexibility index (Phi) is 14.1. The first-order valence-corrected chi connectivity index (χ1v) is 22.6. The first kappa shape index (κ1) is 41.8. The molecule has 2 aliphatic heterocycles. The maximum atomic E-state index is 13.3. The molecule has 54 heavy (non-hydrogen) atoms. The van der Waals surface area contributed by atoms with Crippen LogP contribution in [-0.2, 0) is 17.2 Å². The molecule has 1 amide bonds. The van der Waals surface area contributed by atoms with Gasteiger partial charge >= 0.3 is 18.2 Å². The third-order valence-electron chi connectivity index (χ3n) is 14.1. The van der Waals surface area contributed by atoms with E-state index in [1.165, 1.54) is 37.1 Å². The zero-order chi connectivity index (χ0) is 38.5. The van der Waals surface area contributed by atoms with Crippen LogP contribution in [0, 0.1) is 23.2 Å². The van der Waals surface area contributed by atoms with Gasteiger partial charge in [-0.15, -0.1) is 0 Å². The second-order valence-corrected chi connectivity index (χ2v) is 19.2. The van der Waals surface area contributed by atoms with Gasteiger partial charge in [0.2, 0.25) is 0 Å². The van der Waals surface area contributed by atoms with E-state index in [4.69, 9.17) is 4.74 Å². The molecule has 4 fully saturated rings. The first-order chi connectivity index (χ1) is 25.8. The van der Waals surface area contributed by atoms with Crippen LogP contribution in [0.4, 0.5) is 26.7 Å². The number of aliphatic hydroxyl groups excluding tert-OH is 1. The largest absolute Gasteiger partial charge is 0.453 e. The number of carbonyl (C=O) groups is 1. The Bertz CT molecular complexity index is 1420. The summed E-state index contributed by atoms with van der Waals surface area (Å²) in [5.41, 5.74) is 2.70. The molecule has 7 unspecified atom stereocenters. The molecule has 0 radical (unpaired) electrons. The summed E-state index contributed by atoms with van der Waals surface area (Å²) < 4.78 is 81.3. The number of unbranched alkanes of at least 4 members (excludes halogenated alkanes) is 6. The molecule has 5 aliphatic rings. The lowest BCUT2D eigenvalue weighted by atomic mass is 9.52. The summed E-state index contributed by atoms with van der Waals surface area (Å²) >= 11 is 0. The van der Waals surface area contributed by atoms with Crippen LogP contribution in [-0.4, -0.2) is 87.1 Å². The Morgan fingerprint density at radius 2 is 1.56 bits per heavy atom. The predicted molar refractivity (Wildman–Crippen MR) is 202 cm³/mol. The first-order valence-electron chi connectivity index (χ1n) is 21.1. The van der Waals surface area contributed by atoms with E-state index in [2.05, 4.69) is 24.0 Å². The van der Waals surface area contributed by atoms with Crippen LogP contribution in [0.2, 0.25) is 0 Å². The standard InChI is InChI=1S/C42H63F5N2O4S/c1-40-21-17-35-34-14-13-33(53-39(51)49-24-18-32(19-25-49)48-22-8-9-23-48)29-31(34)28-30(38(35)36(40)15-16-37(40)50)12-7-5-3-2-4-6-10-26-54(52)27-11-20-41(43,44)42(45,46)47/h13-14,29-30,32,35-38,50H,2-12,15-28H2,1H3.